The van der Waals surface area contributed by atoms with E-state index in [2.05, 4.69) is 36.4 Å². The van der Waals surface area contributed by atoms with Gasteiger partial charge in [-0.1, -0.05) is 36.4 Å². The molecule has 0 radical (unpaired) electrons. The number of fused-ring (bicyclic) bond motifs is 1. The second kappa shape index (κ2) is 5.86. The predicted octanol–water partition coefficient (Wildman–Crippen LogP) is 3.40. The lowest BCUT2D eigenvalue weighted by Gasteiger charge is -2.24. The Kier molecular flexibility index (Phi) is 4.17. The van der Waals surface area contributed by atoms with E-state index in [9.17, 15) is 0 Å². The first-order chi connectivity index (χ1) is 7.92. The monoisotopic (exact) mass is 215 g/mol. The zero-order valence-electron chi connectivity index (χ0n) is 9.86. The van der Waals surface area contributed by atoms with E-state index < -0.39 is 0 Å². The van der Waals surface area contributed by atoms with E-state index in [1.54, 1.807) is 11.1 Å². The predicted molar refractivity (Wildman–Crippen MR) is 69.5 cm³/mol. The van der Waals surface area contributed by atoms with Gasteiger partial charge in [0, 0.05) is 0 Å². The Morgan fingerprint density at radius 1 is 1.25 bits per heavy atom. The molecule has 0 aromatic heterocycles. The summed E-state index contributed by atoms with van der Waals surface area (Å²) in [5.41, 5.74) is 8.61. The van der Waals surface area contributed by atoms with Crippen molar-refractivity contribution in [3.63, 3.8) is 0 Å². The number of allylic oxidation sites excluding steroid dienone is 1. The Morgan fingerprint density at radius 2 is 2.12 bits per heavy atom. The molecule has 1 atom stereocenters. The van der Waals surface area contributed by atoms with Crippen LogP contribution in [0, 0.1) is 0 Å². The van der Waals surface area contributed by atoms with E-state index in [1.807, 2.05) is 0 Å². The third kappa shape index (κ3) is 2.73. The molecule has 2 N–H and O–H groups in total. The van der Waals surface area contributed by atoms with Crippen LogP contribution >= 0.6 is 0 Å². The first-order valence-corrected chi connectivity index (χ1v) is 6.34. The molecule has 0 bridgehead atoms. The third-order valence-electron chi connectivity index (χ3n) is 3.41. The zero-order chi connectivity index (χ0) is 11.2. The van der Waals surface area contributed by atoms with Gasteiger partial charge in [0.1, 0.15) is 0 Å². The Bertz CT molecular complexity index is 354. The fourth-order valence-corrected chi connectivity index (χ4v) is 2.57. The van der Waals surface area contributed by atoms with Crippen LogP contribution in [-0.4, -0.2) is 6.54 Å². The number of hydrogen-bond donors (Lipinski definition) is 1. The highest BCUT2D eigenvalue weighted by Gasteiger charge is 2.17. The smallest absolute Gasteiger partial charge is 0.00426 e. The highest BCUT2D eigenvalue weighted by atomic mass is 14.5. The molecule has 0 spiro atoms. The second-order valence-electron chi connectivity index (χ2n) is 4.57. The molecular formula is C15H21N. The van der Waals surface area contributed by atoms with E-state index in [-0.39, 0.29) is 0 Å². The van der Waals surface area contributed by atoms with Crippen molar-refractivity contribution in [2.75, 3.05) is 6.54 Å². The van der Waals surface area contributed by atoms with Crippen molar-refractivity contribution in [3.05, 3.63) is 47.5 Å². The molecule has 0 saturated carbocycles. The molecule has 1 aliphatic rings. The quantitative estimate of drug-likeness (QED) is 0.765. The molecule has 1 aromatic rings. The third-order valence-corrected chi connectivity index (χ3v) is 3.41. The van der Waals surface area contributed by atoms with Crippen LogP contribution in [0.4, 0.5) is 0 Å². The summed E-state index contributed by atoms with van der Waals surface area (Å²) in [4.78, 5) is 0. The van der Waals surface area contributed by atoms with Crippen molar-refractivity contribution in [2.45, 2.75) is 38.0 Å². The minimum Gasteiger partial charge on any atom is -0.330 e. The van der Waals surface area contributed by atoms with Gasteiger partial charge < -0.3 is 5.73 Å². The fraction of sp³-hybridized carbons (Fsp3) is 0.467. The molecule has 1 heteroatoms. The molecule has 0 saturated heterocycles. The highest BCUT2D eigenvalue weighted by Crippen LogP contribution is 2.33. The summed E-state index contributed by atoms with van der Waals surface area (Å²) in [6.45, 7) is 0.762. The molecule has 16 heavy (non-hydrogen) atoms. The molecule has 0 fully saturated rings. The largest absolute Gasteiger partial charge is 0.330 e. The molecular weight excluding hydrogens is 194 g/mol. The van der Waals surface area contributed by atoms with Crippen LogP contribution < -0.4 is 5.73 Å². The maximum absolute atomic E-state index is 5.47. The molecule has 1 aliphatic carbocycles. The van der Waals surface area contributed by atoms with E-state index in [4.69, 9.17) is 5.73 Å². The average Bonchev–Trinajstić information content (AvgIpc) is 2.35. The Labute approximate surface area is 98.4 Å². The lowest BCUT2D eigenvalue weighted by atomic mass is 9.81. The van der Waals surface area contributed by atoms with Crippen LogP contribution in [0.1, 0.15) is 42.7 Å². The van der Waals surface area contributed by atoms with Gasteiger partial charge in [-0.2, -0.15) is 0 Å². The van der Waals surface area contributed by atoms with E-state index >= 15 is 0 Å². The summed E-state index contributed by atoms with van der Waals surface area (Å²) in [6, 6.07) is 8.91. The number of hydrogen-bond acceptors (Lipinski definition) is 1. The first kappa shape index (κ1) is 11.4. The molecule has 0 heterocycles. The number of benzene rings is 1. The molecule has 0 aliphatic heterocycles. The molecule has 86 valence electrons. The summed E-state index contributed by atoms with van der Waals surface area (Å²) in [7, 11) is 0. The number of aryl methyl sites for hydroxylation is 1. The van der Waals surface area contributed by atoms with Crippen molar-refractivity contribution < 1.29 is 0 Å². The van der Waals surface area contributed by atoms with E-state index in [0.29, 0.717) is 0 Å². The van der Waals surface area contributed by atoms with Crippen LogP contribution in [0.2, 0.25) is 0 Å². The molecule has 1 nitrogen and oxygen atoms in total. The van der Waals surface area contributed by atoms with Crippen LogP contribution in [0.25, 0.3) is 0 Å². The van der Waals surface area contributed by atoms with Gasteiger partial charge >= 0.3 is 0 Å². The Morgan fingerprint density at radius 3 is 3.00 bits per heavy atom. The van der Waals surface area contributed by atoms with Gasteiger partial charge in [0.25, 0.3) is 0 Å². The summed E-state index contributed by atoms with van der Waals surface area (Å²) < 4.78 is 0. The summed E-state index contributed by atoms with van der Waals surface area (Å²) in [5, 5.41) is 0. The van der Waals surface area contributed by atoms with Crippen molar-refractivity contribution in [2.24, 2.45) is 5.73 Å². The van der Waals surface area contributed by atoms with Crippen LogP contribution in [0.5, 0.6) is 0 Å². The van der Waals surface area contributed by atoms with Crippen molar-refractivity contribution in [1.82, 2.24) is 0 Å². The molecule has 1 unspecified atom stereocenters. The molecule has 2 rings (SSSR count). The van der Waals surface area contributed by atoms with Crippen LogP contribution in [-0.2, 0) is 6.42 Å². The second-order valence-corrected chi connectivity index (χ2v) is 4.57. The minimum absolute atomic E-state index is 0.735. The van der Waals surface area contributed by atoms with E-state index in [0.717, 1.165) is 18.9 Å². The summed E-state index contributed by atoms with van der Waals surface area (Å²) in [5.74, 6) is 0.735. The molecule has 1 aromatic carbocycles. The van der Waals surface area contributed by atoms with Gasteiger partial charge in [0.2, 0.25) is 0 Å². The Balaban J connectivity index is 2.01. The zero-order valence-corrected chi connectivity index (χ0v) is 9.86. The number of rotatable bonds is 4. The van der Waals surface area contributed by atoms with Gasteiger partial charge in [-0.15, -0.1) is 0 Å². The number of nitrogens with two attached hydrogens (primary N) is 1. The highest BCUT2D eigenvalue weighted by molar-refractivity contribution is 5.32. The average molecular weight is 215 g/mol. The van der Waals surface area contributed by atoms with Gasteiger partial charge in [-0.25, -0.2) is 0 Å². The van der Waals surface area contributed by atoms with Crippen molar-refractivity contribution >= 4 is 0 Å². The van der Waals surface area contributed by atoms with Crippen molar-refractivity contribution in [3.8, 4) is 0 Å². The normalized spacial score (nSPS) is 19.9. The van der Waals surface area contributed by atoms with Gasteiger partial charge in [-0.3, -0.25) is 0 Å². The van der Waals surface area contributed by atoms with Crippen molar-refractivity contribution in [1.29, 1.82) is 0 Å². The van der Waals surface area contributed by atoms with Gasteiger partial charge in [-0.05, 0) is 55.7 Å². The Hall–Kier alpha value is -1.08. The van der Waals surface area contributed by atoms with Gasteiger partial charge in [0.05, 0.1) is 0 Å². The topological polar surface area (TPSA) is 26.0 Å². The summed E-state index contributed by atoms with van der Waals surface area (Å²) in [6.07, 6.45) is 10.7. The SMILES string of the molecule is NCCC=CCC1CCCc2ccccc21. The standard InChI is InChI=1S/C15H21N/c16-12-5-1-2-7-13-9-6-10-14-8-3-4-11-15(13)14/h1-4,8,11,13H,5-7,9-10,12,16H2. The lowest BCUT2D eigenvalue weighted by molar-refractivity contribution is 0.557. The maximum atomic E-state index is 5.47. The summed E-state index contributed by atoms with van der Waals surface area (Å²) >= 11 is 0. The van der Waals surface area contributed by atoms with Crippen LogP contribution in [0.15, 0.2) is 36.4 Å². The maximum Gasteiger partial charge on any atom is -0.00426 e. The van der Waals surface area contributed by atoms with Gasteiger partial charge in [0.15, 0.2) is 0 Å². The lowest BCUT2D eigenvalue weighted by Crippen LogP contribution is -2.08. The molecule has 0 amide bonds. The minimum atomic E-state index is 0.735. The first-order valence-electron chi connectivity index (χ1n) is 6.34. The fourth-order valence-electron chi connectivity index (χ4n) is 2.57. The van der Waals surface area contributed by atoms with E-state index in [1.165, 1.54) is 25.7 Å². The van der Waals surface area contributed by atoms with Crippen LogP contribution in [0.3, 0.4) is 0 Å².